The van der Waals surface area contributed by atoms with Gasteiger partial charge in [0, 0.05) is 25.2 Å². The summed E-state index contributed by atoms with van der Waals surface area (Å²) in [6.07, 6.45) is 1.83. The van der Waals surface area contributed by atoms with Gasteiger partial charge in [-0.3, -0.25) is 9.59 Å². The van der Waals surface area contributed by atoms with Crippen LogP contribution in [0.4, 0.5) is 0 Å². The van der Waals surface area contributed by atoms with Gasteiger partial charge in [-0.15, -0.1) is 12.4 Å². The molecule has 1 atom stereocenters. The summed E-state index contributed by atoms with van der Waals surface area (Å²) in [4.78, 5) is 26.2. The first-order valence-corrected chi connectivity index (χ1v) is 7.36. The van der Waals surface area contributed by atoms with E-state index in [1.807, 2.05) is 18.2 Å². The molecule has 1 aromatic heterocycles. The van der Waals surface area contributed by atoms with Gasteiger partial charge in [-0.05, 0) is 31.0 Å². The van der Waals surface area contributed by atoms with Crippen molar-refractivity contribution in [2.45, 2.75) is 18.9 Å². The number of hydrogen-bond donors (Lipinski definition) is 1. The van der Waals surface area contributed by atoms with Crippen molar-refractivity contribution >= 4 is 18.3 Å². The summed E-state index contributed by atoms with van der Waals surface area (Å²) in [5.74, 6) is -0.181. The standard InChI is InChI=1S/C16H18N4O2.ClH/c17-12-5-4-10-19(11-12)16(22)14-8-9-15(21)20(18-14)13-6-2-1-3-7-13;/h1-3,6-9,12H,4-5,10-11,17H2;1H. The fourth-order valence-corrected chi connectivity index (χ4v) is 2.64. The molecule has 1 amide bonds. The molecule has 3 rings (SSSR count). The maximum absolute atomic E-state index is 12.5. The van der Waals surface area contributed by atoms with Crippen LogP contribution in [0.25, 0.3) is 5.69 Å². The minimum absolute atomic E-state index is 0. The number of piperidine rings is 1. The molecule has 0 spiro atoms. The van der Waals surface area contributed by atoms with E-state index in [1.54, 1.807) is 17.0 Å². The average Bonchev–Trinajstić information content (AvgIpc) is 2.55. The van der Waals surface area contributed by atoms with Crippen LogP contribution in [0, 0.1) is 0 Å². The number of likely N-dealkylation sites (tertiary alicyclic amines) is 1. The Morgan fingerprint density at radius 2 is 1.91 bits per heavy atom. The first-order valence-electron chi connectivity index (χ1n) is 7.36. The highest BCUT2D eigenvalue weighted by molar-refractivity contribution is 5.92. The number of carbonyl (C=O) groups is 1. The first kappa shape index (κ1) is 17.2. The lowest BCUT2D eigenvalue weighted by Crippen LogP contribution is -2.46. The van der Waals surface area contributed by atoms with Gasteiger partial charge in [0.15, 0.2) is 0 Å². The highest BCUT2D eigenvalue weighted by Crippen LogP contribution is 2.11. The van der Waals surface area contributed by atoms with Gasteiger partial charge < -0.3 is 10.6 Å². The summed E-state index contributed by atoms with van der Waals surface area (Å²) < 4.78 is 1.25. The van der Waals surface area contributed by atoms with Gasteiger partial charge in [-0.1, -0.05) is 18.2 Å². The molecule has 6 nitrogen and oxygen atoms in total. The number of rotatable bonds is 2. The summed E-state index contributed by atoms with van der Waals surface area (Å²) in [5, 5.41) is 4.21. The van der Waals surface area contributed by atoms with Crippen LogP contribution in [0.1, 0.15) is 23.3 Å². The van der Waals surface area contributed by atoms with Crippen LogP contribution in [-0.2, 0) is 0 Å². The zero-order valence-corrected chi connectivity index (χ0v) is 13.4. The second-order valence-corrected chi connectivity index (χ2v) is 5.46. The van der Waals surface area contributed by atoms with Gasteiger partial charge in [-0.25, -0.2) is 0 Å². The van der Waals surface area contributed by atoms with Crippen molar-refractivity contribution in [1.29, 1.82) is 0 Å². The van der Waals surface area contributed by atoms with E-state index in [4.69, 9.17) is 5.73 Å². The number of hydrogen-bond acceptors (Lipinski definition) is 4. The topological polar surface area (TPSA) is 81.2 Å². The second-order valence-electron chi connectivity index (χ2n) is 5.46. The number of carbonyl (C=O) groups excluding carboxylic acids is 1. The van der Waals surface area contributed by atoms with Crippen molar-refractivity contribution in [3.05, 3.63) is 58.5 Å². The summed E-state index contributed by atoms with van der Waals surface area (Å²) in [7, 11) is 0. The largest absolute Gasteiger partial charge is 0.336 e. The van der Waals surface area contributed by atoms with Crippen molar-refractivity contribution in [1.82, 2.24) is 14.7 Å². The highest BCUT2D eigenvalue weighted by Gasteiger charge is 2.23. The third-order valence-electron chi connectivity index (χ3n) is 3.77. The van der Waals surface area contributed by atoms with Crippen LogP contribution in [0.3, 0.4) is 0 Å². The van der Waals surface area contributed by atoms with Crippen molar-refractivity contribution in [2.24, 2.45) is 5.73 Å². The zero-order valence-electron chi connectivity index (χ0n) is 12.6. The van der Waals surface area contributed by atoms with Gasteiger partial charge in [-0.2, -0.15) is 9.78 Å². The quantitative estimate of drug-likeness (QED) is 0.895. The normalized spacial score (nSPS) is 17.4. The lowest BCUT2D eigenvalue weighted by Gasteiger charge is -2.30. The fraction of sp³-hybridized carbons (Fsp3) is 0.312. The molecular weight excluding hydrogens is 316 g/mol. The van der Waals surface area contributed by atoms with Gasteiger partial charge in [0.1, 0.15) is 5.69 Å². The van der Waals surface area contributed by atoms with Gasteiger partial charge in [0.05, 0.1) is 5.69 Å². The van der Waals surface area contributed by atoms with Crippen LogP contribution in [0.5, 0.6) is 0 Å². The van der Waals surface area contributed by atoms with Gasteiger partial charge in [0.25, 0.3) is 11.5 Å². The van der Waals surface area contributed by atoms with Crippen molar-refractivity contribution in [3.63, 3.8) is 0 Å². The van der Waals surface area contributed by atoms with E-state index in [0.29, 0.717) is 18.8 Å². The Labute approximate surface area is 140 Å². The Kier molecular flexibility index (Phi) is 5.52. The van der Waals surface area contributed by atoms with Crippen molar-refractivity contribution in [2.75, 3.05) is 13.1 Å². The molecule has 1 fully saturated rings. The Bertz CT molecular complexity index is 732. The molecule has 2 N–H and O–H groups in total. The van der Waals surface area contributed by atoms with Crippen LogP contribution in [0.15, 0.2) is 47.3 Å². The summed E-state index contributed by atoms with van der Waals surface area (Å²) in [6, 6.07) is 11.9. The molecule has 122 valence electrons. The molecule has 2 aromatic rings. The third-order valence-corrected chi connectivity index (χ3v) is 3.77. The molecule has 0 aliphatic carbocycles. The molecule has 1 aromatic carbocycles. The Balaban J connectivity index is 0.00000192. The van der Waals surface area contributed by atoms with E-state index in [0.717, 1.165) is 12.8 Å². The highest BCUT2D eigenvalue weighted by atomic mass is 35.5. The van der Waals surface area contributed by atoms with Crippen molar-refractivity contribution in [3.8, 4) is 5.69 Å². The average molecular weight is 335 g/mol. The lowest BCUT2D eigenvalue weighted by atomic mass is 10.1. The van der Waals surface area contributed by atoms with E-state index in [9.17, 15) is 9.59 Å². The number of para-hydroxylation sites is 1. The van der Waals surface area contributed by atoms with E-state index >= 15 is 0 Å². The summed E-state index contributed by atoms with van der Waals surface area (Å²) in [5.41, 5.74) is 6.55. The fourth-order valence-electron chi connectivity index (χ4n) is 2.64. The van der Waals surface area contributed by atoms with E-state index in [2.05, 4.69) is 5.10 Å². The van der Waals surface area contributed by atoms with Gasteiger partial charge in [0.2, 0.25) is 0 Å². The van der Waals surface area contributed by atoms with Crippen LogP contribution >= 0.6 is 12.4 Å². The first-order chi connectivity index (χ1) is 10.6. The number of benzene rings is 1. The van der Waals surface area contributed by atoms with E-state index in [-0.39, 0.29) is 35.6 Å². The van der Waals surface area contributed by atoms with Gasteiger partial charge >= 0.3 is 0 Å². The number of nitrogens with zero attached hydrogens (tertiary/aromatic N) is 3. The Morgan fingerprint density at radius 3 is 2.61 bits per heavy atom. The number of halogens is 1. The molecule has 1 saturated heterocycles. The SMILES string of the molecule is Cl.NC1CCCN(C(=O)c2ccc(=O)n(-c3ccccc3)n2)C1. The second kappa shape index (κ2) is 7.39. The molecule has 1 unspecified atom stereocenters. The number of amides is 1. The lowest BCUT2D eigenvalue weighted by molar-refractivity contribution is 0.0700. The molecule has 7 heteroatoms. The molecule has 1 aliphatic rings. The minimum Gasteiger partial charge on any atom is -0.336 e. The molecule has 23 heavy (non-hydrogen) atoms. The molecule has 2 heterocycles. The maximum atomic E-state index is 12.5. The summed E-state index contributed by atoms with van der Waals surface area (Å²) >= 11 is 0. The van der Waals surface area contributed by atoms with E-state index < -0.39 is 0 Å². The third kappa shape index (κ3) is 3.78. The Hall–Kier alpha value is -2.18. The zero-order chi connectivity index (χ0) is 15.5. The molecule has 1 aliphatic heterocycles. The molecule has 0 bridgehead atoms. The monoisotopic (exact) mass is 334 g/mol. The number of nitrogens with two attached hydrogens (primary N) is 1. The molecule has 0 radical (unpaired) electrons. The number of aromatic nitrogens is 2. The molecule has 0 saturated carbocycles. The predicted molar refractivity (Wildman–Crippen MR) is 90.2 cm³/mol. The predicted octanol–water partition coefficient (Wildman–Crippen LogP) is 1.22. The van der Waals surface area contributed by atoms with Crippen molar-refractivity contribution < 1.29 is 4.79 Å². The van der Waals surface area contributed by atoms with Crippen LogP contribution in [-0.4, -0.2) is 39.7 Å². The Morgan fingerprint density at radius 1 is 1.17 bits per heavy atom. The minimum atomic E-state index is -0.266. The van der Waals surface area contributed by atoms with Crippen LogP contribution in [0.2, 0.25) is 0 Å². The molecular formula is C16H19ClN4O2. The summed E-state index contributed by atoms with van der Waals surface area (Å²) in [6.45, 7) is 1.21. The maximum Gasteiger partial charge on any atom is 0.274 e. The van der Waals surface area contributed by atoms with Crippen LogP contribution < -0.4 is 11.3 Å². The smallest absolute Gasteiger partial charge is 0.274 e. The van der Waals surface area contributed by atoms with E-state index in [1.165, 1.54) is 16.8 Å².